The molecular formula is C18H26FN3O2S. The topological polar surface area (TPSA) is 54.9 Å². The first-order valence-corrected chi connectivity index (χ1v) is 9.68. The summed E-state index contributed by atoms with van der Waals surface area (Å²) in [6.07, 6.45) is 3.17. The highest BCUT2D eigenvalue weighted by Gasteiger charge is 2.29. The summed E-state index contributed by atoms with van der Waals surface area (Å²) >= 11 is 2.02. The van der Waals surface area contributed by atoms with Crippen molar-refractivity contribution in [1.82, 2.24) is 10.6 Å². The Hall–Kier alpha value is -1.47. The molecule has 2 heterocycles. The molecule has 1 saturated heterocycles. The van der Waals surface area contributed by atoms with E-state index in [1.807, 2.05) is 11.8 Å². The van der Waals surface area contributed by atoms with Crippen molar-refractivity contribution in [2.45, 2.75) is 37.5 Å². The Kier molecular flexibility index (Phi) is 6.06. The Labute approximate surface area is 152 Å². The maximum atomic E-state index is 13.8. The summed E-state index contributed by atoms with van der Waals surface area (Å²) in [6.45, 7) is 4.46. The zero-order valence-corrected chi connectivity index (χ0v) is 15.7. The van der Waals surface area contributed by atoms with E-state index in [4.69, 9.17) is 9.47 Å². The Balaban J connectivity index is 1.52. The molecule has 2 N–H and O–H groups in total. The first-order valence-electron chi connectivity index (χ1n) is 8.70. The molecule has 0 radical (unpaired) electrons. The van der Waals surface area contributed by atoms with E-state index in [2.05, 4.69) is 22.5 Å². The van der Waals surface area contributed by atoms with Crippen LogP contribution in [0.2, 0.25) is 0 Å². The van der Waals surface area contributed by atoms with E-state index in [1.54, 1.807) is 7.05 Å². The number of hydrogen-bond donors (Lipinski definition) is 2. The van der Waals surface area contributed by atoms with E-state index in [1.165, 1.54) is 30.7 Å². The number of halogens is 1. The molecule has 0 spiro atoms. The summed E-state index contributed by atoms with van der Waals surface area (Å²) in [4.78, 5) is 4.28. The van der Waals surface area contributed by atoms with Gasteiger partial charge in [-0.1, -0.05) is 0 Å². The summed E-state index contributed by atoms with van der Waals surface area (Å²) in [5.74, 6) is 2.52. The van der Waals surface area contributed by atoms with E-state index in [9.17, 15) is 4.39 Å². The molecule has 3 rings (SSSR count). The minimum absolute atomic E-state index is 0.221. The number of hydrogen-bond acceptors (Lipinski definition) is 4. The maximum absolute atomic E-state index is 13.8. The Morgan fingerprint density at radius 1 is 1.40 bits per heavy atom. The second-order valence-electron chi connectivity index (χ2n) is 6.67. The molecular weight excluding hydrogens is 341 g/mol. The smallest absolute Gasteiger partial charge is 0.191 e. The molecule has 2 aliphatic rings. The van der Waals surface area contributed by atoms with Gasteiger partial charge in [-0.25, -0.2) is 4.39 Å². The van der Waals surface area contributed by atoms with Crippen LogP contribution in [0.5, 0.6) is 5.75 Å². The van der Waals surface area contributed by atoms with E-state index in [0.29, 0.717) is 19.6 Å². The van der Waals surface area contributed by atoms with Crippen molar-refractivity contribution in [2.24, 2.45) is 4.99 Å². The molecule has 1 aromatic rings. The summed E-state index contributed by atoms with van der Waals surface area (Å²) in [6, 6.07) is 3.02. The lowest BCUT2D eigenvalue weighted by atomic mass is 10.1. The summed E-state index contributed by atoms with van der Waals surface area (Å²) in [7, 11) is 1.77. The first-order chi connectivity index (χ1) is 12.1. The normalized spacial score (nSPS) is 23.1. The van der Waals surface area contributed by atoms with Crippen LogP contribution in [0.4, 0.5) is 4.39 Å². The van der Waals surface area contributed by atoms with Crippen LogP contribution < -0.4 is 15.4 Å². The Bertz CT molecular complexity index is 633. The summed E-state index contributed by atoms with van der Waals surface area (Å²) in [5, 5.41) is 6.71. The van der Waals surface area contributed by atoms with Crippen LogP contribution in [-0.4, -0.2) is 43.4 Å². The maximum Gasteiger partial charge on any atom is 0.191 e. The van der Waals surface area contributed by atoms with Crippen LogP contribution in [0.25, 0.3) is 0 Å². The zero-order valence-electron chi connectivity index (χ0n) is 14.9. The van der Waals surface area contributed by atoms with Crippen LogP contribution >= 0.6 is 11.8 Å². The minimum atomic E-state index is -0.253. The van der Waals surface area contributed by atoms with Gasteiger partial charge in [-0.3, -0.25) is 4.99 Å². The fourth-order valence-electron chi connectivity index (χ4n) is 3.23. The van der Waals surface area contributed by atoms with E-state index < -0.39 is 0 Å². The third-order valence-electron chi connectivity index (χ3n) is 4.59. The van der Waals surface area contributed by atoms with Gasteiger partial charge >= 0.3 is 0 Å². The molecule has 0 amide bonds. The van der Waals surface area contributed by atoms with E-state index in [0.717, 1.165) is 29.4 Å². The van der Waals surface area contributed by atoms with Gasteiger partial charge in [-0.05, 0) is 49.6 Å². The number of guanidine groups is 1. The fraction of sp³-hybridized carbons (Fsp3) is 0.611. The summed E-state index contributed by atoms with van der Waals surface area (Å²) in [5.41, 5.74) is 1.63. The van der Waals surface area contributed by atoms with Crippen molar-refractivity contribution in [3.8, 4) is 5.75 Å². The van der Waals surface area contributed by atoms with Crippen molar-refractivity contribution in [2.75, 3.05) is 32.7 Å². The molecule has 1 fully saturated rings. The van der Waals surface area contributed by atoms with Crippen LogP contribution in [0.15, 0.2) is 17.1 Å². The van der Waals surface area contributed by atoms with E-state index in [-0.39, 0.29) is 17.4 Å². The number of nitrogens with zero attached hydrogens (tertiary/aromatic N) is 1. The standard InChI is InChI=1S/C18H26FN3O2S/c1-18(5-3-7-25-18)11-22-17(20-2)21-6-4-13-8-15(19)9-14-10-23-12-24-16(13)14/h8-9H,3-7,10-12H2,1-2H3,(H2,20,21,22). The molecule has 138 valence electrons. The fourth-order valence-corrected chi connectivity index (χ4v) is 4.47. The van der Waals surface area contributed by atoms with Gasteiger partial charge < -0.3 is 20.1 Å². The molecule has 0 aliphatic carbocycles. The second-order valence-corrected chi connectivity index (χ2v) is 8.35. The molecule has 1 aromatic carbocycles. The van der Waals surface area contributed by atoms with Crippen LogP contribution in [0.3, 0.4) is 0 Å². The Morgan fingerprint density at radius 2 is 2.28 bits per heavy atom. The van der Waals surface area contributed by atoms with Crippen LogP contribution in [-0.2, 0) is 17.8 Å². The Morgan fingerprint density at radius 3 is 3.04 bits per heavy atom. The third kappa shape index (κ3) is 4.79. The van der Waals surface area contributed by atoms with Crippen molar-refractivity contribution in [1.29, 1.82) is 0 Å². The monoisotopic (exact) mass is 367 g/mol. The molecule has 1 atom stereocenters. The van der Waals surface area contributed by atoms with Crippen LogP contribution in [0.1, 0.15) is 30.9 Å². The first kappa shape index (κ1) is 18.3. The molecule has 5 nitrogen and oxygen atoms in total. The van der Waals surface area contributed by atoms with Crippen LogP contribution in [0, 0.1) is 5.82 Å². The molecule has 2 aliphatic heterocycles. The number of nitrogens with one attached hydrogen (secondary N) is 2. The van der Waals surface area contributed by atoms with Crippen molar-refractivity contribution < 1.29 is 13.9 Å². The van der Waals surface area contributed by atoms with Crippen molar-refractivity contribution >= 4 is 17.7 Å². The summed E-state index contributed by atoms with van der Waals surface area (Å²) < 4.78 is 24.8. The van der Waals surface area contributed by atoms with Crippen molar-refractivity contribution in [3.63, 3.8) is 0 Å². The molecule has 0 bridgehead atoms. The van der Waals surface area contributed by atoms with Gasteiger partial charge in [0.05, 0.1) is 6.61 Å². The third-order valence-corrected chi connectivity index (χ3v) is 6.13. The van der Waals surface area contributed by atoms with Gasteiger partial charge in [0.25, 0.3) is 0 Å². The minimum Gasteiger partial charge on any atom is -0.467 e. The highest BCUT2D eigenvalue weighted by Crippen LogP contribution is 2.36. The molecule has 25 heavy (non-hydrogen) atoms. The quantitative estimate of drug-likeness (QED) is 0.619. The highest BCUT2D eigenvalue weighted by molar-refractivity contribution is 8.00. The van der Waals surface area contributed by atoms with Gasteiger partial charge in [0.2, 0.25) is 0 Å². The lowest BCUT2D eigenvalue weighted by Gasteiger charge is -2.24. The van der Waals surface area contributed by atoms with Crippen molar-refractivity contribution in [3.05, 3.63) is 29.1 Å². The number of fused-ring (bicyclic) bond motifs is 1. The predicted octanol–water partition coefficient (Wildman–Crippen LogP) is 2.69. The lowest BCUT2D eigenvalue weighted by Crippen LogP contribution is -2.44. The average Bonchev–Trinajstić information content (AvgIpc) is 3.04. The SMILES string of the molecule is CN=C(NCCc1cc(F)cc2c1OCOC2)NCC1(C)CCCS1. The van der Waals surface area contributed by atoms with Gasteiger partial charge in [0.15, 0.2) is 12.8 Å². The molecule has 0 aromatic heterocycles. The number of aliphatic imine (C=N–C) groups is 1. The molecule has 1 unspecified atom stereocenters. The number of ether oxygens (including phenoxy) is 2. The molecule has 7 heteroatoms. The zero-order chi connectivity index (χ0) is 17.7. The van der Waals surface area contributed by atoms with E-state index >= 15 is 0 Å². The van der Waals surface area contributed by atoms with Gasteiger partial charge in [0.1, 0.15) is 11.6 Å². The average molecular weight is 367 g/mol. The number of thioether (sulfide) groups is 1. The van der Waals surface area contributed by atoms with Gasteiger partial charge in [-0.2, -0.15) is 11.8 Å². The predicted molar refractivity (Wildman–Crippen MR) is 99.8 cm³/mol. The lowest BCUT2D eigenvalue weighted by molar-refractivity contribution is -0.0172. The van der Waals surface area contributed by atoms with Gasteiger partial charge in [-0.15, -0.1) is 0 Å². The number of rotatable bonds is 5. The highest BCUT2D eigenvalue weighted by atomic mass is 32.2. The largest absolute Gasteiger partial charge is 0.467 e. The number of benzene rings is 1. The van der Waals surface area contributed by atoms with Gasteiger partial charge in [0, 0.05) is 30.4 Å². The molecule has 0 saturated carbocycles. The second kappa shape index (κ2) is 8.27.